The van der Waals surface area contributed by atoms with Crippen LogP contribution in [-0.2, 0) is 0 Å². The van der Waals surface area contributed by atoms with E-state index in [1.54, 1.807) is 11.8 Å². The zero-order chi connectivity index (χ0) is 16.0. The first kappa shape index (κ1) is 14.3. The molecule has 0 N–H and O–H groups in total. The van der Waals surface area contributed by atoms with Crippen LogP contribution in [0.25, 0.3) is 5.69 Å². The largest absolute Gasteiger partial charge is 0.455 e. The molecule has 0 saturated carbocycles. The van der Waals surface area contributed by atoms with Crippen LogP contribution in [0.2, 0.25) is 0 Å². The van der Waals surface area contributed by atoms with Crippen molar-refractivity contribution in [3.63, 3.8) is 0 Å². The summed E-state index contributed by atoms with van der Waals surface area (Å²) < 4.78 is 8.30. The van der Waals surface area contributed by atoms with Gasteiger partial charge in [-0.1, -0.05) is 23.9 Å². The Hall–Kier alpha value is -2.26. The number of hydrogen-bond donors (Lipinski definition) is 0. The molecule has 23 heavy (non-hydrogen) atoms. The van der Waals surface area contributed by atoms with Crippen LogP contribution in [0.15, 0.2) is 64.4 Å². The molecule has 3 aromatic rings. The number of hydrogen-bond acceptors (Lipinski definition) is 2. The number of rotatable bonds is 1. The molecule has 0 aliphatic carbocycles. The molecule has 1 aromatic heterocycles. The first-order valence-electron chi connectivity index (χ1n) is 7.71. The van der Waals surface area contributed by atoms with Gasteiger partial charge in [0, 0.05) is 38.1 Å². The van der Waals surface area contributed by atoms with Crippen molar-refractivity contribution in [1.29, 1.82) is 0 Å². The van der Waals surface area contributed by atoms with Crippen molar-refractivity contribution in [2.45, 2.75) is 30.6 Å². The molecule has 2 nitrogen and oxygen atoms in total. The van der Waals surface area contributed by atoms with E-state index in [2.05, 4.69) is 61.7 Å². The Labute approximate surface area is 140 Å². The maximum atomic E-state index is 6.02. The molecule has 2 aromatic carbocycles. The highest BCUT2D eigenvalue weighted by Gasteiger charge is 2.22. The summed E-state index contributed by atoms with van der Waals surface area (Å²) >= 11 is 1.77. The summed E-state index contributed by atoms with van der Waals surface area (Å²) in [7, 11) is 0. The van der Waals surface area contributed by atoms with E-state index in [4.69, 9.17) is 4.74 Å². The summed E-state index contributed by atoms with van der Waals surface area (Å²) in [5, 5.41) is 0. The molecule has 0 saturated heterocycles. The van der Waals surface area contributed by atoms with Gasteiger partial charge in [0.15, 0.2) is 11.4 Å². The molecule has 3 heteroatoms. The molecule has 0 radical (unpaired) electrons. The van der Waals surface area contributed by atoms with Gasteiger partial charge in [-0.15, -0.1) is 0 Å². The Balaban J connectivity index is 1.81. The average Bonchev–Trinajstić information content (AvgIpc) is 2.52. The summed E-state index contributed by atoms with van der Waals surface area (Å²) in [6.45, 7) is 6.44. The van der Waals surface area contributed by atoms with Crippen LogP contribution in [0, 0.1) is 20.8 Å². The van der Waals surface area contributed by atoms with Gasteiger partial charge in [-0.05, 0) is 30.7 Å². The lowest BCUT2D eigenvalue weighted by Crippen LogP contribution is -2.37. The van der Waals surface area contributed by atoms with Crippen molar-refractivity contribution >= 4 is 11.8 Å². The lowest BCUT2D eigenvalue weighted by Gasteiger charge is -2.19. The number of aromatic nitrogens is 1. The maximum Gasteiger partial charge on any atom is 0.212 e. The molecule has 0 bridgehead atoms. The van der Waals surface area contributed by atoms with Crippen molar-refractivity contribution < 1.29 is 9.30 Å². The molecule has 4 rings (SSSR count). The summed E-state index contributed by atoms with van der Waals surface area (Å²) in [6.07, 6.45) is 0. The van der Waals surface area contributed by atoms with Gasteiger partial charge in [0.2, 0.25) is 5.69 Å². The van der Waals surface area contributed by atoms with Gasteiger partial charge in [0.05, 0.1) is 9.79 Å². The van der Waals surface area contributed by atoms with Crippen LogP contribution in [0.1, 0.15) is 17.0 Å². The molecule has 1 aliphatic heterocycles. The molecular formula is C20H18NOS+. The first-order chi connectivity index (χ1) is 11.1. The van der Waals surface area contributed by atoms with Crippen molar-refractivity contribution in [1.82, 2.24) is 0 Å². The lowest BCUT2D eigenvalue weighted by molar-refractivity contribution is -0.609. The third-order valence-electron chi connectivity index (χ3n) is 4.05. The summed E-state index contributed by atoms with van der Waals surface area (Å²) in [5.74, 6) is 1.87. The highest BCUT2D eigenvalue weighted by atomic mass is 32.2. The minimum atomic E-state index is 0.931. The molecule has 0 atom stereocenters. The van der Waals surface area contributed by atoms with Crippen molar-refractivity contribution in [3.05, 3.63) is 71.5 Å². The predicted octanol–water partition coefficient (Wildman–Crippen LogP) is 5.15. The Morgan fingerprint density at radius 2 is 1.48 bits per heavy atom. The fourth-order valence-corrected chi connectivity index (χ4v) is 4.15. The van der Waals surface area contributed by atoms with Crippen LogP contribution in [-0.4, -0.2) is 0 Å². The smallest absolute Gasteiger partial charge is 0.212 e. The highest BCUT2D eigenvalue weighted by molar-refractivity contribution is 7.99. The predicted molar refractivity (Wildman–Crippen MR) is 92.8 cm³/mol. The molecule has 0 amide bonds. The number of ether oxygens (including phenoxy) is 1. The Morgan fingerprint density at radius 3 is 2.26 bits per heavy atom. The van der Waals surface area contributed by atoms with E-state index < -0.39 is 0 Å². The van der Waals surface area contributed by atoms with Crippen molar-refractivity contribution in [2.24, 2.45) is 0 Å². The highest BCUT2D eigenvalue weighted by Crippen LogP contribution is 2.46. The quantitative estimate of drug-likeness (QED) is 0.450. The van der Waals surface area contributed by atoms with Gasteiger partial charge in [-0.3, -0.25) is 0 Å². The first-order valence-corrected chi connectivity index (χ1v) is 8.52. The summed E-state index contributed by atoms with van der Waals surface area (Å²) in [5.41, 5.74) is 4.95. The SMILES string of the molecule is Cc1cc(C)[n+](-c2ccc3c(c2)Sc2ccccc2O3)c(C)c1. The van der Waals surface area contributed by atoms with Crippen molar-refractivity contribution in [2.75, 3.05) is 0 Å². The summed E-state index contributed by atoms with van der Waals surface area (Å²) in [4.78, 5) is 2.33. The molecular weight excluding hydrogens is 302 g/mol. The van der Waals surface area contributed by atoms with E-state index in [0.29, 0.717) is 0 Å². The second kappa shape index (κ2) is 5.43. The number of pyridine rings is 1. The van der Waals surface area contributed by atoms with E-state index in [-0.39, 0.29) is 0 Å². The van der Waals surface area contributed by atoms with Gasteiger partial charge in [0.25, 0.3) is 0 Å². The number of aryl methyl sites for hydroxylation is 3. The van der Waals surface area contributed by atoms with E-state index in [9.17, 15) is 0 Å². The number of nitrogens with zero attached hydrogens (tertiary/aromatic N) is 1. The molecule has 114 valence electrons. The van der Waals surface area contributed by atoms with E-state index in [1.165, 1.54) is 27.5 Å². The zero-order valence-corrected chi connectivity index (χ0v) is 14.3. The third-order valence-corrected chi connectivity index (χ3v) is 5.15. The topological polar surface area (TPSA) is 13.1 Å². The monoisotopic (exact) mass is 320 g/mol. The number of fused-ring (bicyclic) bond motifs is 2. The van der Waals surface area contributed by atoms with Crippen molar-refractivity contribution in [3.8, 4) is 17.2 Å². The van der Waals surface area contributed by atoms with Gasteiger partial charge < -0.3 is 4.74 Å². The van der Waals surface area contributed by atoms with Gasteiger partial charge in [-0.2, -0.15) is 4.57 Å². The minimum Gasteiger partial charge on any atom is -0.455 e. The molecule has 0 fully saturated rings. The third kappa shape index (κ3) is 2.51. The van der Waals surface area contributed by atoms with E-state index in [1.807, 2.05) is 18.2 Å². The molecule has 2 heterocycles. The average molecular weight is 320 g/mol. The van der Waals surface area contributed by atoms with E-state index >= 15 is 0 Å². The maximum absolute atomic E-state index is 6.02. The second-order valence-electron chi connectivity index (χ2n) is 5.93. The Morgan fingerprint density at radius 1 is 0.783 bits per heavy atom. The van der Waals surface area contributed by atoms with Crippen LogP contribution in [0.5, 0.6) is 11.5 Å². The minimum absolute atomic E-state index is 0.931. The Kier molecular flexibility index (Phi) is 3.38. The molecule has 0 spiro atoms. The van der Waals surface area contributed by atoms with Crippen LogP contribution in [0.3, 0.4) is 0 Å². The molecule has 1 aliphatic rings. The molecule has 0 unspecified atom stereocenters. The summed E-state index contributed by atoms with van der Waals surface area (Å²) in [6, 6.07) is 19.0. The number of benzene rings is 2. The van der Waals surface area contributed by atoms with E-state index in [0.717, 1.165) is 16.4 Å². The normalized spacial score (nSPS) is 12.3. The number of para-hydroxylation sites is 1. The fraction of sp³-hybridized carbons (Fsp3) is 0.150. The fourth-order valence-electron chi connectivity index (χ4n) is 3.17. The lowest BCUT2D eigenvalue weighted by atomic mass is 10.2. The standard InChI is InChI=1S/C20H18NOS/c1-13-10-14(2)21(15(3)11-13)16-8-9-18-20(12-16)23-19-7-5-4-6-17(19)22-18/h4-12H,1-3H3/q+1. The van der Waals surface area contributed by atoms with Gasteiger partial charge in [0.1, 0.15) is 11.5 Å². The van der Waals surface area contributed by atoms with Crippen LogP contribution < -0.4 is 9.30 Å². The van der Waals surface area contributed by atoms with Crippen LogP contribution >= 0.6 is 11.8 Å². The van der Waals surface area contributed by atoms with Gasteiger partial charge in [-0.25, -0.2) is 0 Å². The zero-order valence-electron chi connectivity index (χ0n) is 13.5. The Bertz CT molecular complexity index is 894. The van der Waals surface area contributed by atoms with Crippen LogP contribution in [0.4, 0.5) is 0 Å². The second-order valence-corrected chi connectivity index (χ2v) is 7.02. The van der Waals surface area contributed by atoms with Gasteiger partial charge >= 0.3 is 0 Å².